The lowest BCUT2D eigenvalue weighted by atomic mass is 10.2. The minimum Gasteiger partial charge on any atom is -0.449 e. The van der Waals surface area contributed by atoms with Crippen molar-refractivity contribution >= 4 is 43.9 Å². The van der Waals surface area contributed by atoms with Crippen molar-refractivity contribution in [3.05, 3.63) is 33.0 Å². The standard InChI is InChI=1S/C19H24BrN5O2/c1-23(2)6-3-7-24-8-10-25(11-9-24)19-21-16-14-12-13(20)4-5-15(14)27-17(16)18(26)22-19/h4-5,12H,3,6-11H2,1-2H3,(H,21,22,26). The average Bonchev–Trinajstić information content (AvgIpc) is 3.01. The zero-order chi connectivity index (χ0) is 19.0. The smallest absolute Gasteiger partial charge is 0.296 e. The highest BCUT2D eigenvalue weighted by Crippen LogP contribution is 2.28. The zero-order valence-corrected chi connectivity index (χ0v) is 17.3. The molecule has 0 amide bonds. The molecule has 3 heterocycles. The Hall–Kier alpha value is -1.90. The van der Waals surface area contributed by atoms with Gasteiger partial charge in [0.25, 0.3) is 5.56 Å². The van der Waals surface area contributed by atoms with E-state index in [0.717, 1.165) is 49.1 Å². The molecule has 1 aliphatic rings. The molecule has 0 saturated carbocycles. The van der Waals surface area contributed by atoms with E-state index in [9.17, 15) is 4.79 Å². The van der Waals surface area contributed by atoms with Crippen LogP contribution in [0.5, 0.6) is 0 Å². The SMILES string of the molecule is CN(C)CCCN1CCN(c2nc3c(oc4ccc(Br)cc43)c(=O)[nH]2)CC1. The van der Waals surface area contributed by atoms with Crippen molar-refractivity contribution in [3.63, 3.8) is 0 Å². The summed E-state index contributed by atoms with van der Waals surface area (Å²) in [5.41, 5.74) is 1.36. The molecule has 1 N–H and O–H groups in total. The Labute approximate surface area is 166 Å². The summed E-state index contributed by atoms with van der Waals surface area (Å²) in [6.45, 7) is 5.88. The summed E-state index contributed by atoms with van der Waals surface area (Å²) in [7, 11) is 4.21. The van der Waals surface area contributed by atoms with Crippen LogP contribution in [0.15, 0.2) is 31.9 Å². The van der Waals surface area contributed by atoms with Gasteiger partial charge in [-0.25, -0.2) is 4.98 Å². The average molecular weight is 434 g/mol. The monoisotopic (exact) mass is 433 g/mol. The van der Waals surface area contributed by atoms with Gasteiger partial charge in [0.05, 0.1) is 0 Å². The van der Waals surface area contributed by atoms with E-state index < -0.39 is 0 Å². The van der Waals surface area contributed by atoms with Crippen molar-refractivity contribution in [3.8, 4) is 0 Å². The van der Waals surface area contributed by atoms with Gasteiger partial charge < -0.3 is 14.2 Å². The van der Waals surface area contributed by atoms with Crippen molar-refractivity contribution in [2.75, 3.05) is 58.3 Å². The number of anilines is 1. The third kappa shape index (κ3) is 3.88. The molecule has 0 bridgehead atoms. The molecule has 1 aromatic carbocycles. The molecule has 7 nitrogen and oxygen atoms in total. The normalized spacial score (nSPS) is 16.1. The van der Waals surface area contributed by atoms with Gasteiger partial charge in [0, 0.05) is 36.0 Å². The Kier molecular flexibility index (Phi) is 5.21. The fourth-order valence-electron chi connectivity index (χ4n) is 3.56. The molecule has 0 radical (unpaired) electrons. The number of aromatic amines is 1. The molecule has 1 aliphatic heterocycles. The Morgan fingerprint density at radius 3 is 2.78 bits per heavy atom. The molecule has 0 atom stereocenters. The van der Waals surface area contributed by atoms with E-state index in [2.05, 4.69) is 49.7 Å². The quantitative estimate of drug-likeness (QED) is 0.666. The van der Waals surface area contributed by atoms with Crippen LogP contribution in [-0.2, 0) is 0 Å². The number of H-pyrrole nitrogens is 1. The Balaban J connectivity index is 1.54. The fourth-order valence-corrected chi connectivity index (χ4v) is 3.92. The summed E-state index contributed by atoms with van der Waals surface area (Å²) in [6.07, 6.45) is 1.17. The number of benzene rings is 1. The minimum absolute atomic E-state index is 0.226. The van der Waals surface area contributed by atoms with Crippen LogP contribution in [-0.4, -0.2) is 73.1 Å². The lowest BCUT2D eigenvalue weighted by Crippen LogP contribution is -2.47. The first kappa shape index (κ1) is 18.5. The van der Waals surface area contributed by atoms with Crippen molar-refractivity contribution in [2.45, 2.75) is 6.42 Å². The van der Waals surface area contributed by atoms with Gasteiger partial charge in [-0.3, -0.25) is 14.7 Å². The third-order valence-electron chi connectivity index (χ3n) is 5.02. The number of halogens is 1. The predicted molar refractivity (Wildman–Crippen MR) is 112 cm³/mol. The summed E-state index contributed by atoms with van der Waals surface area (Å²) < 4.78 is 6.64. The fraction of sp³-hybridized carbons (Fsp3) is 0.474. The van der Waals surface area contributed by atoms with Crippen LogP contribution >= 0.6 is 15.9 Å². The van der Waals surface area contributed by atoms with Crippen LogP contribution in [0, 0.1) is 0 Å². The first-order chi connectivity index (χ1) is 13.0. The van der Waals surface area contributed by atoms with Gasteiger partial charge in [-0.05, 0) is 51.8 Å². The third-order valence-corrected chi connectivity index (χ3v) is 5.52. The van der Waals surface area contributed by atoms with Gasteiger partial charge in [0.15, 0.2) is 0 Å². The number of nitrogens with one attached hydrogen (secondary N) is 1. The number of hydrogen-bond acceptors (Lipinski definition) is 6. The number of piperazine rings is 1. The summed E-state index contributed by atoms with van der Waals surface area (Å²) in [6, 6.07) is 5.70. The second-order valence-corrected chi connectivity index (χ2v) is 8.21. The first-order valence-corrected chi connectivity index (χ1v) is 10.0. The number of furan rings is 1. The lowest BCUT2D eigenvalue weighted by Gasteiger charge is -2.35. The molecule has 1 fully saturated rings. The molecule has 0 unspecified atom stereocenters. The summed E-state index contributed by atoms with van der Waals surface area (Å²) in [5, 5.41) is 0.856. The first-order valence-electron chi connectivity index (χ1n) is 9.25. The lowest BCUT2D eigenvalue weighted by molar-refractivity contribution is 0.241. The van der Waals surface area contributed by atoms with Crippen LogP contribution in [0.1, 0.15) is 6.42 Å². The van der Waals surface area contributed by atoms with E-state index in [-0.39, 0.29) is 11.1 Å². The number of rotatable bonds is 5. The van der Waals surface area contributed by atoms with Gasteiger partial charge in [-0.1, -0.05) is 15.9 Å². The second-order valence-electron chi connectivity index (χ2n) is 7.30. The van der Waals surface area contributed by atoms with E-state index in [4.69, 9.17) is 9.40 Å². The molecule has 8 heteroatoms. The zero-order valence-electron chi connectivity index (χ0n) is 15.7. The Morgan fingerprint density at radius 2 is 2.04 bits per heavy atom. The highest BCUT2D eigenvalue weighted by Gasteiger charge is 2.21. The van der Waals surface area contributed by atoms with E-state index in [1.807, 2.05) is 18.2 Å². The molecule has 27 heavy (non-hydrogen) atoms. The highest BCUT2D eigenvalue weighted by molar-refractivity contribution is 9.10. The van der Waals surface area contributed by atoms with Gasteiger partial charge in [-0.15, -0.1) is 0 Å². The van der Waals surface area contributed by atoms with Crippen LogP contribution in [0.2, 0.25) is 0 Å². The molecule has 1 saturated heterocycles. The van der Waals surface area contributed by atoms with Crippen LogP contribution < -0.4 is 10.5 Å². The van der Waals surface area contributed by atoms with E-state index in [1.54, 1.807) is 0 Å². The molecule has 3 aromatic rings. The Morgan fingerprint density at radius 1 is 1.26 bits per heavy atom. The largest absolute Gasteiger partial charge is 0.449 e. The van der Waals surface area contributed by atoms with Crippen LogP contribution in [0.4, 0.5) is 5.95 Å². The molecule has 2 aromatic heterocycles. The molecular formula is C19H24BrN5O2. The van der Waals surface area contributed by atoms with E-state index in [1.165, 1.54) is 6.42 Å². The summed E-state index contributed by atoms with van der Waals surface area (Å²) >= 11 is 3.48. The minimum atomic E-state index is -0.226. The maximum absolute atomic E-state index is 12.5. The maximum atomic E-state index is 12.5. The Bertz CT molecular complexity index is 1000. The number of nitrogens with zero attached hydrogens (tertiary/aromatic N) is 4. The highest BCUT2D eigenvalue weighted by atomic mass is 79.9. The summed E-state index contributed by atoms with van der Waals surface area (Å²) in [5.74, 6) is 0.628. The van der Waals surface area contributed by atoms with Crippen LogP contribution in [0.25, 0.3) is 22.1 Å². The topological polar surface area (TPSA) is 68.6 Å². The van der Waals surface area contributed by atoms with Crippen LogP contribution in [0.3, 0.4) is 0 Å². The molecule has 4 rings (SSSR count). The second kappa shape index (κ2) is 7.61. The number of fused-ring (bicyclic) bond motifs is 3. The van der Waals surface area contributed by atoms with Crippen molar-refractivity contribution in [1.82, 2.24) is 19.8 Å². The van der Waals surface area contributed by atoms with Crippen molar-refractivity contribution in [1.29, 1.82) is 0 Å². The van der Waals surface area contributed by atoms with Crippen molar-refractivity contribution in [2.24, 2.45) is 0 Å². The van der Waals surface area contributed by atoms with Crippen molar-refractivity contribution < 1.29 is 4.42 Å². The maximum Gasteiger partial charge on any atom is 0.296 e. The van der Waals surface area contributed by atoms with E-state index in [0.29, 0.717) is 17.0 Å². The van der Waals surface area contributed by atoms with Gasteiger partial charge in [0.2, 0.25) is 11.5 Å². The number of hydrogen-bond donors (Lipinski definition) is 1. The molecule has 0 aliphatic carbocycles. The summed E-state index contributed by atoms with van der Waals surface area (Å²) in [4.78, 5) is 27.0. The predicted octanol–water partition coefficient (Wildman–Crippen LogP) is 2.51. The number of aromatic nitrogens is 2. The van der Waals surface area contributed by atoms with Gasteiger partial charge in [0.1, 0.15) is 11.1 Å². The van der Waals surface area contributed by atoms with E-state index >= 15 is 0 Å². The molecular weight excluding hydrogens is 410 g/mol. The van der Waals surface area contributed by atoms with Gasteiger partial charge in [-0.2, -0.15) is 0 Å². The molecule has 144 valence electrons. The molecule has 0 spiro atoms. The van der Waals surface area contributed by atoms with Gasteiger partial charge >= 0.3 is 0 Å².